The lowest BCUT2D eigenvalue weighted by Gasteiger charge is -2.32. The fourth-order valence-electron chi connectivity index (χ4n) is 2.23. The van der Waals surface area contributed by atoms with Gasteiger partial charge in [0.15, 0.2) is 5.22 Å². The van der Waals surface area contributed by atoms with Gasteiger partial charge in [-0.3, -0.25) is 0 Å². The Morgan fingerprint density at radius 1 is 1.29 bits per heavy atom. The van der Waals surface area contributed by atoms with Crippen molar-refractivity contribution in [2.24, 2.45) is 5.73 Å². The summed E-state index contributed by atoms with van der Waals surface area (Å²) in [7, 11) is 0. The Morgan fingerprint density at radius 2 is 2.00 bits per heavy atom. The van der Waals surface area contributed by atoms with Gasteiger partial charge in [-0.2, -0.15) is 0 Å². The molecule has 1 aromatic rings. The molecule has 2 nitrogen and oxygen atoms in total. The van der Waals surface area contributed by atoms with E-state index >= 15 is 0 Å². The molecule has 1 fully saturated rings. The Bertz CT molecular complexity index is 302. The Hall–Kier alpha value is -0.470. The lowest BCUT2D eigenvalue weighted by Crippen LogP contribution is -2.43. The second kappa shape index (κ2) is 3.95. The molecule has 78 valence electrons. The maximum Gasteiger partial charge on any atom is 0.193 e. The van der Waals surface area contributed by atoms with Crippen LogP contribution < -0.4 is 5.73 Å². The summed E-state index contributed by atoms with van der Waals surface area (Å²) >= 11 is 5.72. The molecule has 0 bridgehead atoms. The zero-order valence-electron chi connectivity index (χ0n) is 8.26. The lowest BCUT2D eigenvalue weighted by molar-refractivity contribution is 0.278. The highest BCUT2D eigenvalue weighted by Crippen LogP contribution is 2.29. The first-order valence-electron chi connectivity index (χ1n) is 5.21. The third-order valence-electron chi connectivity index (χ3n) is 3.00. The summed E-state index contributed by atoms with van der Waals surface area (Å²) in [6.45, 7) is 0. The monoisotopic (exact) mass is 213 g/mol. The van der Waals surface area contributed by atoms with Crippen LogP contribution in [0.3, 0.4) is 0 Å². The normalized spacial score (nSPS) is 21.0. The van der Waals surface area contributed by atoms with E-state index in [0.717, 1.165) is 25.0 Å². The number of halogens is 1. The van der Waals surface area contributed by atoms with Crippen molar-refractivity contribution in [3.8, 4) is 0 Å². The Kier molecular flexibility index (Phi) is 2.84. The SMILES string of the molecule is NC1(Cc2ccc(Cl)o2)CCCCC1. The fourth-order valence-corrected chi connectivity index (χ4v) is 2.39. The van der Waals surface area contributed by atoms with Crippen molar-refractivity contribution in [3.05, 3.63) is 23.1 Å². The first-order chi connectivity index (χ1) is 6.68. The molecule has 1 aliphatic carbocycles. The molecule has 0 saturated heterocycles. The number of hydrogen-bond acceptors (Lipinski definition) is 2. The molecule has 2 rings (SSSR count). The molecular formula is C11H16ClNO. The maximum atomic E-state index is 6.30. The molecule has 1 heterocycles. The summed E-state index contributed by atoms with van der Waals surface area (Å²) in [5.41, 5.74) is 6.24. The van der Waals surface area contributed by atoms with Crippen molar-refractivity contribution in [1.82, 2.24) is 0 Å². The highest BCUT2D eigenvalue weighted by atomic mass is 35.5. The quantitative estimate of drug-likeness (QED) is 0.820. The molecule has 0 radical (unpaired) electrons. The molecule has 0 atom stereocenters. The van der Waals surface area contributed by atoms with E-state index in [2.05, 4.69) is 0 Å². The molecule has 0 unspecified atom stereocenters. The second-order valence-electron chi connectivity index (χ2n) is 4.31. The molecule has 3 heteroatoms. The number of nitrogens with two attached hydrogens (primary N) is 1. The molecule has 1 aromatic heterocycles. The number of furan rings is 1. The highest BCUT2D eigenvalue weighted by Gasteiger charge is 2.28. The highest BCUT2D eigenvalue weighted by molar-refractivity contribution is 6.28. The third-order valence-corrected chi connectivity index (χ3v) is 3.21. The van der Waals surface area contributed by atoms with Gasteiger partial charge in [-0.15, -0.1) is 0 Å². The Labute approximate surface area is 89.4 Å². The summed E-state index contributed by atoms with van der Waals surface area (Å²) in [6, 6.07) is 3.70. The molecule has 0 spiro atoms. The van der Waals surface area contributed by atoms with E-state index in [4.69, 9.17) is 21.8 Å². The van der Waals surface area contributed by atoms with Crippen molar-refractivity contribution in [1.29, 1.82) is 0 Å². The molecule has 0 aromatic carbocycles. The van der Waals surface area contributed by atoms with Gasteiger partial charge < -0.3 is 10.2 Å². The van der Waals surface area contributed by atoms with E-state index in [9.17, 15) is 0 Å². The summed E-state index contributed by atoms with van der Waals surface area (Å²) in [5, 5.41) is 0.458. The first kappa shape index (κ1) is 10.1. The average Bonchev–Trinajstić information content (AvgIpc) is 2.51. The van der Waals surface area contributed by atoms with Gasteiger partial charge in [-0.1, -0.05) is 19.3 Å². The molecule has 14 heavy (non-hydrogen) atoms. The minimum Gasteiger partial charge on any atom is -0.450 e. The number of hydrogen-bond donors (Lipinski definition) is 1. The first-order valence-corrected chi connectivity index (χ1v) is 5.59. The second-order valence-corrected chi connectivity index (χ2v) is 4.68. The lowest BCUT2D eigenvalue weighted by atomic mass is 9.80. The van der Waals surface area contributed by atoms with Gasteiger partial charge in [0, 0.05) is 12.0 Å². The minimum atomic E-state index is -0.0561. The van der Waals surface area contributed by atoms with E-state index < -0.39 is 0 Å². The van der Waals surface area contributed by atoms with Gasteiger partial charge in [0.1, 0.15) is 5.76 Å². The zero-order valence-corrected chi connectivity index (χ0v) is 9.02. The van der Waals surface area contributed by atoms with Gasteiger partial charge in [0.25, 0.3) is 0 Å². The summed E-state index contributed by atoms with van der Waals surface area (Å²) in [6.07, 6.45) is 6.82. The third kappa shape index (κ3) is 2.31. The molecular weight excluding hydrogens is 198 g/mol. The van der Waals surface area contributed by atoms with Crippen LogP contribution >= 0.6 is 11.6 Å². The van der Waals surface area contributed by atoms with Gasteiger partial charge >= 0.3 is 0 Å². The van der Waals surface area contributed by atoms with Crippen LogP contribution in [0.4, 0.5) is 0 Å². The van der Waals surface area contributed by atoms with Crippen LogP contribution in [-0.4, -0.2) is 5.54 Å². The topological polar surface area (TPSA) is 39.2 Å². The Morgan fingerprint density at radius 3 is 2.57 bits per heavy atom. The van der Waals surface area contributed by atoms with Crippen molar-refractivity contribution in [2.75, 3.05) is 0 Å². The van der Waals surface area contributed by atoms with E-state index in [0.29, 0.717) is 5.22 Å². The van der Waals surface area contributed by atoms with Crippen LogP contribution in [0, 0.1) is 0 Å². The molecule has 0 amide bonds. The predicted molar refractivity (Wildman–Crippen MR) is 57.4 cm³/mol. The standard InChI is InChI=1S/C11H16ClNO/c12-10-5-4-9(14-10)8-11(13)6-2-1-3-7-11/h4-5H,1-3,6-8,13H2. The fraction of sp³-hybridized carbons (Fsp3) is 0.636. The van der Waals surface area contributed by atoms with Gasteiger partial charge in [-0.05, 0) is 36.6 Å². The summed E-state index contributed by atoms with van der Waals surface area (Å²) in [4.78, 5) is 0. The smallest absolute Gasteiger partial charge is 0.193 e. The van der Waals surface area contributed by atoms with Crippen LogP contribution in [0.2, 0.25) is 5.22 Å². The van der Waals surface area contributed by atoms with E-state index in [1.807, 2.05) is 6.07 Å². The number of rotatable bonds is 2. The van der Waals surface area contributed by atoms with Crippen LogP contribution in [0.1, 0.15) is 37.9 Å². The van der Waals surface area contributed by atoms with E-state index in [1.165, 1.54) is 19.3 Å². The maximum absolute atomic E-state index is 6.30. The van der Waals surface area contributed by atoms with Crippen LogP contribution in [0.15, 0.2) is 16.5 Å². The molecule has 1 saturated carbocycles. The van der Waals surface area contributed by atoms with Crippen molar-refractivity contribution in [2.45, 2.75) is 44.1 Å². The predicted octanol–water partition coefficient (Wildman–Crippen LogP) is 3.14. The summed E-state index contributed by atoms with van der Waals surface area (Å²) in [5.74, 6) is 0.916. The average molecular weight is 214 g/mol. The summed E-state index contributed by atoms with van der Waals surface area (Å²) < 4.78 is 5.34. The van der Waals surface area contributed by atoms with E-state index in [1.54, 1.807) is 6.07 Å². The minimum absolute atomic E-state index is 0.0561. The van der Waals surface area contributed by atoms with Crippen LogP contribution in [0.25, 0.3) is 0 Å². The Balaban J connectivity index is 2.01. The van der Waals surface area contributed by atoms with Gasteiger partial charge in [-0.25, -0.2) is 0 Å². The van der Waals surface area contributed by atoms with Crippen molar-refractivity contribution in [3.63, 3.8) is 0 Å². The van der Waals surface area contributed by atoms with E-state index in [-0.39, 0.29) is 5.54 Å². The van der Waals surface area contributed by atoms with Crippen molar-refractivity contribution < 1.29 is 4.42 Å². The van der Waals surface area contributed by atoms with Crippen molar-refractivity contribution >= 4 is 11.6 Å². The van der Waals surface area contributed by atoms with Gasteiger partial charge in [0.2, 0.25) is 0 Å². The van der Waals surface area contributed by atoms with Crippen LogP contribution in [0.5, 0.6) is 0 Å². The van der Waals surface area contributed by atoms with Crippen LogP contribution in [-0.2, 0) is 6.42 Å². The largest absolute Gasteiger partial charge is 0.450 e. The molecule has 0 aliphatic heterocycles. The van der Waals surface area contributed by atoms with Gasteiger partial charge in [0.05, 0.1) is 0 Å². The zero-order chi connectivity index (χ0) is 10.0. The molecule has 2 N–H and O–H groups in total. The molecule has 1 aliphatic rings.